The van der Waals surface area contributed by atoms with E-state index in [1.54, 1.807) is 18.2 Å². The summed E-state index contributed by atoms with van der Waals surface area (Å²) in [6, 6.07) is 7.75. The van der Waals surface area contributed by atoms with Gasteiger partial charge in [-0.15, -0.1) is 0 Å². The maximum absolute atomic E-state index is 12.2. The van der Waals surface area contributed by atoms with Crippen molar-refractivity contribution in [2.75, 3.05) is 19.5 Å². The number of rotatable bonds is 6. The highest BCUT2D eigenvalue weighted by Gasteiger charge is 2.20. The summed E-state index contributed by atoms with van der Waals surface area (Å²) in [5.74, 6) is -0.00941. The predicted octanol–water partition coefficient (Wildman–Crippen LogP) is 2.94. The predicted molar refractivity (Wildman–Crippen MR) is 92.3 cm³/mol. The summed E-state index contributed by atoms with van der Waals surface area (Å²) in [6.07, 6.45) is 0.373. The third kappa shape index (κ3) is 5.09. The van der Waals surface area contributed by atoms with Crippen LogP contribution in [0, 0.1) is 0 Å². The van der Waals surface area contributed by atoms with Gasteiger partial charge in [-0.1, -0.05) is 11.6 Å². The third-order valence-electron chi connectivity index (χ3n) is 3.22. The monoisotopic (exact) mass is 364 g/mol. The van der Waals surface area contributed by atoms with Crippen LogP contribution < -0.4 is 14.8 Å². The molecule has 0 fully saturated rings. The van der Waals surface area contributed by atoms with E-state index in [1.807, 2.05) is 0 Å². The Hall–Kier alpha value is -2.80. The summed E-state index contributed by atoms with van der Waals surface area (Å²) in [7, 11) is 2.94. The van der Waals surface area contributed by atoms with Gasteiger partial charge in [0.1, 0.15) is 17.3 Å². The summed E-state index contributed by atoms with van der Waals surface area (Å²) >= 11 is 5.73. The number of hydrogen-bond donors (Lipinski definition) is 1. The van der Waals surface area contributed by atoms with Crippen molar-refractivity contribution in [3.8, 4) is 11.5 Å². The first-order valence-electron chi connectivity index (χ1n) is 7.29. The van der Waals surface area contributed by atoms with Gasteiger partial charge in [0, 0.05) is 12.3 Å². The third-order valence-corrected chi connectivity index (χ3v) is 3.44. The molecule has 8 heteroatoms. The molecule has 1 aromatic heterocycles. The lowest BCUT2D eigenvalue weighted by Crippen LogP contribution is -2.30. The average molecular weight is 365 g/mol. The molecule has 0 aliphatic heterocycles. The fourth-order valence-electron chi connectivity index (χ4n) is 1.89. The highest BCUT2D eigenvalue weighted by Crippen LogP contribution is 2.23. The van der Waals surface area contributed by atoms with Gasteiger partial charge in [-0.05, 0) is 31.2 Å². The fraction of sp³-hybridized carbons (Fsp3) is 0.235. The highest BCUT2D eigenvalue weighted by atomic mass is 35.5. The van der Waals surface area contributed by atoms with Gasteiger partial charge in [0.25, 0.3) is 5.91 Å². The van der Waals surface area contributed by atoms with E-state index in [0.29, 0.717) is 22.3 Å². The zero-order valence-corrected chi connectivity index (χ0v) is 14.7. The van der Waals surface area contributed by atoms with Crippen molar-refractivity contribution in [1.29, 1.82) is 0 Å². The maximum Gasteiger partial charge on any atom is 0.339 e. The van der Waals surface area contributed by atoms with Gasteiger partial charge in [0.05, 0.1) is 24.8 Å². The number of carbonyl (C=O) groups is 2. The van der Waals surface area contributed by atoms with E-state index < -0.39 is 18.0 Å². The number of ether oxygens (including phenoxy) is 3. The van der Waals surface area contributed by atoms with Gasteiger partial charge in [0.15, 0.2) is 6.10 Å². The first-order valence-corrected chi connectivity index (χ1v) is 7.67. The van der Waals surface area contributed by atoms with E-state index in [4.69, 9.17) is 25.8 Å². The van der Waals surface area contributed by atoms with Crippen molar-refractivity contribution < 1.29 is 23.8 Å². The molecule has 1 amide bonds. The molecule has 0 unspecified atom stereocenters. The van der Waals surface area contributed by atoms with Crippen LogP contribution in [0.25, 0.3) is 0 Å². The SMILES string of the molecule is COc1cc(OC)cc(C(=O)O[C@H](C)C(=O)Nc2ccc(Cl)cn2)c1. The lowest BCUT2D eigenvalue weighted by molar-refractivity contribution is -0.123. The van der Waals surface area contributed by atoms with Gasteiger partial charge in [0.2, 0.25) is 0 Å². The Labute approximate surface area is 149 Å². The Bertz CT molecular complexity index is 742. The van der Waals surface area contributed by atoms with Crippen LogP contribution in [-0.2, 0) is 9.53 Å². The summed E-state index contributed by atoms with van der Waals surface area (Å²) < 4.78 is 15.4. The van der Waals surface area contributed by atoms with E-state index in [2.05, 4.69) is 10.3 Å². The Kier molecular flexibility index (Phi) is 6.19. The van der Waals surface area contributed by atoms with Gasteiger partial charge in [-0.3, -0.25) is 4.79 Å². The Morgan fingerprint density at radius 3 is 2.28 bits per heavy atom. The normalized spacial score (nSPS) is 11.4. The second-order valence-electron chi connectivity index (χ2n) is 5.00. The first kappa shape index (κ1) is 18.5. The molecule has 0 bridgehead atoms. The van der Waals surface area contributed by atoms with Crippen molar-refractivity contribution in [3.05, 3.63) is 47.1 Å². The van der Waals surface area contributed by atoms with Crippen LogP contribution in [0.15, 0.2) is 36.5 Å². The summed E-state index contributed by atoms with van der Waals surface area (Å²) in [5.41, 5.74) is 0.209. The molecule has 1 heterocycles. The molecule has 0 aliphatic rings. The molecule has 0 saturated carbocycles. The van der Waals surface area contributed by atoms with Crippen LogP contribution in [0.2, 0.25) is 5.02 Å². The number of methoxy groups -OCH3 is 2. The van der Waals surface area contributed by atoms with Crippen molar-refractivity contribution in [3.63, 3.8) is 0 Å². The number of carbonyl (C=O) groups excluding carboxylic acids is 2. The smallest absolute Gasteiger partial charge is 0.339 e. The number of aromatic nitrogens is 1. The molecule has 0 saturated heterocycles. The second-order valence-corrected chi connectivity index (χ2v) is 5.44. The van der Waals surface area contributed by atoms with Crippen LogP contribution in [0.3, 0.4) is 0 Å². The summed E-state index contributed by atoms with van der Waals surface area (Å²) in [4.78, 5) is 28.3. The summed E-state index contributed by atoms with van der Waals surface area (Å²) in [5, 5.41) is 2.98. The molecule has 1 N–H and O–H groups in total. The van der Waals surface area contributed by atoms with E-state index in [1.165, 1.54) is 39.5 Å². The Morgan fingerprint density at radius 1 is 1.12 bits per heavy atom. The number of benzene rings is 1. The number of amides is 1. The molecule has 0 spiro atoms. The van der Waals surface area contributed by atoms with Gasteiger partial charge >= 0.3 is 5.97 Å². The van der Waals surface area contributed by atoms with E-state index >= 15 is 0 Å². The summed E-state index contributed by atoms with van der Waals surface area (Å²) in [6.45, 7) is 1.46. The minimum Gasteiger partial charge on any atom is -0.497 e. The largest absolute Gasteiger partial charge is 0.497 e. The van der Waals surface area contributed by atoms with Crippen molar-refractivity contribution in [2.45, 2.75) is 13.0 Å². The molecule has 1 atom stereocenters. The fourth-order valence-corrected chi connectivity index (χ4v) is 2.00. The van der Waals surface area contributed by atoms with E-state index in [-0.39, 0.29) is 5.56 Å². The lowest BCUT2D eigenvalue weighted by Gasteiger charge is -2.14. The molecule has 2 aromatic rings. The minimum atomic E-state index is -1.03. The number of nitrogens with one attached hydrogen (secondary N) is 1. The first-order chi connectivity index (χ1) is 11.9. The Balaban J connectivity index is 2.03. The van der Waals surface area contributed by atoms with Crippen LogP contribution >= 0.6 is 11.6 Å². The zero-order chi connectivity index (χ0) is 18.4. The van der Waals surface area contributed by atoms with Crippen LogP contribution in [0.5, 0.6) is 11.5 Å². The van der Waals surface area contributed by atoms with E-state index in [0.717, 1.165) is 0 Å². The molecule has 2 rings (SSSR count). The molecular weight excluding hydrogens is 348 g/mol. The standard InChI is InChI=1S/C17H17ClN2O5/c1-10(16(21)20-15-5-4-12(18)9-19-15)25-17(22)11-6-13(23-2)8-14(7-11)24-3/h4-10H,1-3H3,(H,19,20,21)/t10-/m1/s1. The van der Waals surface area contributed by atoms with Gasteiger partial charge < -0.3 is 19.5 Å². The van der Waals surface area contributed by atoms with E-state index in [9.17, 15) is 9.59 Å². The number of pyridine rings is 1. The zero-order valence-electron chi connectivity index (χ0n) is 13.9. The minimum absolute atomic E-state index is 0.209. The average Bonchev–Trinajstić information content (AvgIpc) is 2.62. The molecule has 0 aliphatic carbocycles. The van der Waals surface area contributed by atoms with Crippen molar-refractivity contribution in [1.82, 2.24) is 4.98 Å². The number of halogens is 1. The number of esters is 1. The van der Waals surface area contributed by atoms with Gasteiger partial charge in [-0.2, -0.15) is 0 Å². The number of anilines is 1. The second kappa shape index (κ2) is 8.34. The molecule has 25 heavy (non-hydrogen) atoms. The maximum atomic E-state index is 12.2. The number of nitrogens with zero attached hydrogens (tertiary/aromatic N) is 1. The molecule has 132 valence electrons. The molecule has 0 radical (unpaired) electrons. The van der Waals surface area contributed by atoms with Crippen LogP contribution in [0.4, 0.5) is 5.82 Å². The quantitative estimate of drug-likeness (QED) is 0.793. The van der Waals surface area contributed by atoms with Gasteiger partial charge in [-0.25, -0.2) is 9.78 Å². The Morgan fingerprint density at radius 2 is 1.76 bits per heavy atom. The highest BCUT2D eigenvalue weighted by molar-refractivity contribution is 6.30. The van der Waals surface area contributed by atoms with Crippen molar-refractivity contribution >= 4 is 29.3 Å². The molecule has 1 aromatic carbocycles. The van der Waals surface area contributed by atoms with Crippen LogP contribution in [-0.4, -0.2) is 37.2 Å². The van der Waals surface area contributed by atoms with Crippen molar-refractivity contribution in [2.24, 2.45) is 0 Å². The molecule has 7 nitrogen and oxygen atoms in total. The lowest BCUT2D eigenvalue weighted by atomic mass is 10.2. The number of hydrogen-bond acceptors (Lipinski definition) is 6. The topological polar surface area (TPSA) is 86.8 Å². The van der Waals surface area contributed by atoms with Crippen LogP contribution in [0.1, 0.15) is 17.3 Å². The molecular formula is C17H17ClN2O5.